The molecule has 3 aromatic heterocycles. The lowest BCUT2D eigenvalue weighted by Crippen LogP contribution is -2.23. The number of ether oxygens (including phenoxy) is 1. The molecular weight excluding hydrogens is 356 g/mol. The van der Waals surface area contributed by atoms with E-state index in [4.69, 9.17) is 4.74 Å². The van der Waals surface area contributed by atoms with Crippen molar-refractivity contribution < 1.29 is 24.5 Å². The van der Waals surface area contributed by atoms with Crippen LogP contribution in [0, 0.1) is 6.92 Å². The fourth-order valence-electron chi connectivity index (χ4n) is 2.55. The second kappa shape index (κ2) is 6.14. The van der Waals surface area contributed by atoms with E-state index in [1.165, 1.54) is 22.7 Å². The van der Waals surface area contributed by atoms with E-state index in [0.29, 0.717) is 16.2 Å². The number of carboxylic acid groups (broad SMARTS) is 1. The zero-order valence-corrected chi connectivity index (χ0v) is 15.5. The highest BCUT2D eigenvalue weighted by Gasteiger charge is 2.25. The van der Waals surface area contributed by atoms with Crippen LogP contribution in [-0.4, -0.2) is 37.1 Å². The highest BCUT2D eigenvalue weighted by atomic mass is 32.1. The van der Waals surface area contributed by atoms with Gasteiger partial charge in [-0.1, -0.05) is 6.07 Å². The minimum Gasteiger partial charge on any atom is -0.506 e. The van der Waals surface area contributed by atoms with E-state index in [1.54, 1.807) is 26.8 Å². The molecule has 0 aliphatic carbocycles. The van der Waals surface area contributed by atoms with Crippen molar-refractivity contribution in [3.8, 4) is 16.3 Å². The van der Waals surface area contributed by atoms with Gasteiger partial charge in [0.2, 0.25) is 0 Å². The van der Waals surface area contributed by atoms with Crippen molar-refractivity contribution in [2.24, 2.45) is 0 Å². The molecule has 0 aromatic carbocycles. The number of carbonyl (C=O) groups is 2. The summed E-state index contributed by atoms with van der Waals surface area (Å²) >= 11 is 1.03. The van der Waals surface area contributed by atoms with Crippen molar-refractivity contribution >= 4 is 28.9 Å². The Balaban J connectivity index is 2.14. The van der Waals surface area contributed by atoms with Crippen LogP contribution >= 0.6 is 11.3 Å². The normalized spacial score (nSPS) is 11.7. The molecule has 26 heavy (non-hydrogen) atoms. The van der Waals surface area contributed by atoms with Crippen LogP contribution in [0.3, 0.4) is 0 Å². The first-order valence-corrected chi connectivity index (χ1v) is 8.67. The number of esters is 1. The largest absolute Gasteiger partial charge is 0.506 e. The number of fused-ring (bicyclic) bond motifs is 1. The zero-order chi connectivity index (χ0) is 19.2. The second-order valence-electron chi connectivity index (χ2n) is 6.84. The molecule has 3 heterocycles. The van der Waals surface area contributed by atoms with E-state index < -0.39 is 17.5 Å². The Labute approximate surface area is 153 Å². The van der Waals surface area contributed by atoms with Crippen LogP contribution in [0.2, 0.25) is 0 Å². The summed E-state index contributed by atoms with van der Waals surface area (Å²) in [6.45, 7) is 7.05. The average Bonchev–Trinajstić information content (AvgIpc) is 3.09. The van der Waals surface area contributed by atoms with Gasteiger partial charge in [-0.3, -0.25) is 4.40 Å². The Morgan fingerprint density at radius 2 is 1.96 bits per heavy atom. The Kier molecular flexibility index (Phi) is 4.23. The number of imidazole rings is 1. The first kappa shape index (κ1) is 17.9. The number of aromatic hydroxyl groups is 1. The van der Waals surface area contributed by atoms with E-state index in [-0.39, 0.29) is 16.3 Å². The molecule has 0 radical (unpaired) electrons. The van der Waals surface area contributed by atoms with Crippen LogP contribution < -0.4 is 0 Å². The number of pyridine rings is 1. The molecule has 2 N–H and O–H groups in total. The summed E-state index contributed by atoms with van der Waals surface area (Å²) in [5.41, 5.74) is 1.16. The number of nitrogens with zero attached hydrogens (tertiary/aromatic N) is 2. The lowest BCUT2D eigenvalue weighted by Gasteiger charge is -2.18. The fourth-order valence-corrected chi connectivity index (χ4v) is 3.47. The third kappa shape index (κ3) is 3.15. The molecule has 8 heteroatoms. The number of carbonyl (C=O) groups excluding carboxylic acids is 1. The Morgan fingerprint density at radius 1 is 1.27 bits per heavy atom. The van der Waals surface area contributed by atoms with Gasteiger partial charge in [0.15, 0.2) is 4.88 Å². The van der Waals surface area contributed by atoms with Crippen molar-refractivity contribution in [3.63, 3.8) is 0 Å². The number of aromatic nitrogens is 2. The minimum absolute atomic E-state index is 0.0461. The Morgan fingerprint density at radius 3 is 2.58 bits per heavy atom. The molecule has 0 aliphatic rings. The average molecular weight is 374 g/mol. The molecule has 0 bridgehead atoms. The van der Waals surface area contributed by atoms with E-state index in [0.717, 1.165) is 16.9 Å². The van der Waals surface area contributed by atoms with Gasteiger partial charge < -0.3 is 14.9 Å². The molecule has 0 saturated carbocycles. The molecule has 0 amide bonds. The number of thiophene rings is 1. The van der Waals surface area contributed by atoms with Crippen LogP contribution in [-0.2, 0) is 4.74 Å². The van der Waals surface area contributed by atoms with Gasteiger partial charge in [-0.05, 0) is 39.3 Å². The first-order valence-electron chi connectivity index (χ1n) is 7.85. The Hall–Kier alpha value is -2.87. The smallest absolute Gasteiger partial charge is 0.352 e. The van der Waals surface area contributed by atoms with Gasteiger partial charge in [-0.2, -0.15) is 0 Å². The molecule has 3 rings (SSSR count). The monoisotopic (exact) mass is 374 g/mol. The topological polar surface area (TPSA) is 101 Å². The van der Waals surface area contributed by atoms with Crippen LogP contribution in [0.1, 0.15) is 46.5 Å². The van der Waals surface area contributed by atoms with Gasteiger partial charge in [0, 0.05) is 6.07 Å². The molecule has 0 unspecified atom stereocenters. The number of aromatic carboxylic acids is 1. The van der Waals surface area contributed by atoms with Gasteiger partial charge in [0.05, 0.1) is 16.8 Å². The highest BCUT2D eigenvalue weighted by molar-refractivity contribution is 7.17. The van der Waals surface area contributed by atoms with Crippen molar-refractivity contribution in [1.82, 2.24) is 9.38 Å². The summed E-state index contributed by atoms with van der Waals surface area (Å²) in [5, 5.41) is 19.6. The first-order chi connectivity index (χ1) is 12.1. The van der Waals surface area contributed by atoms with Crippen LogP contribution in [0.15, 0.2) is 24.4 Å². The second-order valence-corrected chi connectivity index (χ2v) is 7.89. The SMILES string of the molecule is Cc1ccc(C(=O)O)n2c(-c3cc(O)c(C(=O)OC(C)(C)C)s3)cnc12. The van der Waals surface area contributed by atoms with Crippen molar-refractivity contribution in [2.45, 2.75) is 33.3 Å². The third-order valence-electron chi connectivity index (χ3n) is 3.61. The molecule has 0 atom stereocenters. The highest BCUT2D eigenvalue weighted by Crippen LogP contribution is 2.37. The van der Waals surface area contributed by atoms with E-state index in [9.17, 15) is 19.8 Å². The van der Waals surface area contributed by atoms with Crippen molar-refractivity contribution in [2.75, 3.05) is 0 Å². The van der Waals surface area contributed by atoms with Crippen molar-refractivity contribution in [1.29, 1.82) is 0 Å². The van der Waals surface area contributed by atoms with E-state index in [2.05, 4.69) is 4.98 Å². The van der Waals surface area contributed by atoms with Crippen LogP contribution in [0.5, 0.6) is 5.75 Å². The number of carboxylic acids is 1. The number of aryl methyl sites for hydroxylation is 1. The summed E-state index contributed by atoms with van der Waals surface area (Å²) in [6, 6.07) is 4.60. The summed E-state index contributed by atoms with van der Waals surface area (Å²) < 4.78 is 6.80. The third-order valence-corrected chi connectivity index (χ3v) is 4.74. The van der Waals surface area contributed by atoms with Gasteiger partial charge in [-0.15, -0.1) is 11.3 Å². The maximum absolute atomic E-state index is 12.3. The molecule has 3 aromatic rings. The minimum atomic E-state index is -1.10. The zero-order valence-electron chi connectivity index (χ0n) is 14.7. The predicted molar refractivity (Wildman–Crippen MR) is 97.0 cm³/mol. The molecular formula is C18H18N2O5S. The maximum atomic E-state index is 12.3. The van der Waals surface area contributed by atoms with Crippen LogP contribution in [0.4, 0.5) is 0 Å². The van der Waals surface area contributed by atoms with Gasteiger partial charge >= 0.3 is 11.9 Å². The molecule has 0 aliphatic heterocycles. The van der Waals surface area contributed by atoms with Gasteiger partial charge in [-0.25, -0.2) is 14.6 Å². The van der Waals surface area contributed by atoms with Gasteiger partial charge in [0.1, 0.15) is 22.7 Å². The van der Waals surface area contributed by atoms with E-state index >= 15 is 0 Å². The summed E-state index contributed by atoms with van der Waals surface area (Å²) in [5.74, 6) is -1.93. The lowest BCUT2D eigenvalue weighted by molar-refractivity contribution is 0.00726. The Bertz CT molecular complexity index is 1030. The summed E-state index contributed by atoms with van der Waals surface area (Å²) in [4.78, 5) is 28.7. The van der Waals surface area contributed by atoms with Gasteiger partial charge in [0.25, 0.3) is 0 Å². The summed E-state index contributed by atoms with van der Waals surface area (Å²) in [7, 11) is 0. The fraction of sp³-hybridized carbons (Fsp3) is 0.278. The number of hydrogen-bond donors (Lipinski definition) is 2. The number of rotatable bonds is 3. The summed E-state index contributed by atoms with van der Waals surface area (Å²) in [6.07, 6.45) is 1.53. The molecule has 0 saturated heterocycles. The standard InChI is InChI=1S/C18H18N2O5S/c1-9-5-6-10(16(22)23)20-11(8-19-15(9)20)13-7-12(21)14(26-13)17(24)25-18(2,3)4/h5-8,21H,1-4H3,(H,22,23). The molecule has 136 valence electrons. The molecule has 7 nitrogen and oxygen atoms in total. The van der Waals surface area contributed by atoms with E-state index in [1.807, 2.05) is 6.92 Å². The number of hydrogen-bond acceptors (Lipinski definition) is 6. The quantitative estimate of drug-likeness (QED) is 0.678. The lowest BCUT2D eigenvalue weighted by atomic mass is 10.2. The molecule has 0 spiro atoms. The molecule has 0 fully saturated rings. The predicted octanol–water partition coefficient (Wildman–Crippen LogP) is 3.73. The maximum Gasteiger partial charge on any atom is 0.352 e. The van der Waals surface area contributed by atoms with Crippen molar-refractivity contribution in [3.05, 3.63) is 40.5 Å². The van der Waals surface area contributed by atoms with Crippen LogP contribution in [0.25, 0.3) is 16.2 Å².